The lowest BCUT2D eigenvalue weighted by molar-refractivity contribution is -0.184. The van der Waals surface area contributed by atoms with Gasteiger partial charge >= 0.3 is 5.97 Å². The van der Waals surface area contributed by atoms with E-state index in [1.807, 2.05) is 0 Å². The first-order valence-electron chi connectivity index (χ1n) is 9.24. The molecule has 8 nitrogen and oxygen atoms in total. The molecule has 1 heterocycles. The molecule has 1 saturated heterocycles. The number of benzene rings is 1. The normalized spacial score (nSPS) is 18.4. The molecule has 0 N–H and O–H groups in total. The lowest BCUT2D eigenvalue weighted by atomic mass is 10.1. The minimum absolute atomic E-state index is 0.0373. The third-order valence-electron chi connectivity index (χ3n) is 3.81. The minimum Gasteiger partial charge on any atom is -0.489 e. The van der Waals surface area contributed by atoms with E-state index in [9.17, 15) is 18.8 Å². The van der Waals surface area contributed by atoms with E-state index in [1.165, 1.54) is 23.1 Å². The Hall–Kier alpha value is -2.68. The summed E-state index contributed by atoms with van der Waals surface area (Å²) in [5.41, 5.74) is -0.661. The van der Waals surface area contributed by atoms with Gasteiger partial charge in [-0.3, -0.25) is 9.59 Å². The summed E-state index contributed by atoms with van der Waals surface area (Å²) < 4.78 is 35.1. The fraction of sp³-hybridized carbons (Fsp3) is 0.550. The van der Waals surface area contributed by atoms with E-state index in [0.717, 1.165) is 0 Å². The zero-order chi connectivity index (χ0) is 21.8. The van der Waals surface area contributed by atoms with Gasteiger partial charge in [-0.15, -0.1) is 0 Å². The molecule has 1 aromatic rings. The number of amides is 1. The van der Waals surface area contributed by atoms with Crippen molar-refractivity contribution in [2.45, 2.75) is 58.5 Å². The lowest BCUT2D eigenvalue weighted by Gasteiger charge is -2.36. The number of halogens is 1. The highest BCUT2D eigenvalue weighted by Gasteiger charge is 2.44. The van der Waals surface area contributed by atoms with Gasteiger partial charge in [-0.25, -0.2) is 9.18 Å². The molecule has 160 valence electrons. The van der Waals surface area contributed by atoms with Crippen LogP contribution in [0.3, 0.4) is 0 Å². The van der Waals surface area contributed by atoms with E-state index in [-0.39, 0.29) is 31.4 Å². The van der Waals surface area contributed by atoms with Crippen LogP contribution in [0, 0.1) is 5.82 Å². The monoisotopic (exact) mass is 411 g/mol. The van der Waals surface area contributed by atoms with Crippen molar-refractivity contribution in [1.29, 1.82) is 0 Å². The lowest BCUT2D eigenvalue weighted by Crippen LogP contribution is -2.56. The first kappa shape index (κ1) is 22.6. The van der Waals surface area contributed by atoms with Crippen LogP contribution in [-0.2, 0) is 28.6 Å². The number of anilines is 1. The standard InChI is InChI=1S/C20H26FNO7/c1-12(2)28-15-7-6-13(21)10-14(15)22-8-9-26-16(18(22)24)17(27-11-23)19(25)29-20(3,4)5/h6-7,10-12,16-17H,8-9H2,1-5H3. The van der Waals surface area contributed by atoms with Crippen molar-refractivity contribution in [3.05, 3.63) is 24.0 Å². The highest BCUT2D eigenvalue weighted by atomic mass is 19.1. The second-order valence-electron chi connectivity index (χ2n) is 7.75. The summed E-state index contributed by atoms with van der Waals surface area (Å²) in [6.45, 7) is 8.72. The Bertz CT molecular complexity index is 760. The van der Waals surface area contributed by atoms with Gasteiger partial charge in [0, 0.05) is 12.6 Å². The Morgan fingerprint density at radius 3 is 2.62 bits per heavy atom. The fourth-order valence-corrected chi connectivity index (χ4v) is 2.79. The predicted octanol–water partition coefficient (Wildman–Crippen LogP) is 2.23. The fourth-order valence-electron chi connectivity index (χ4n) is 2.79. The van der Waals surface area contributed by atoms with Gasteiger partial charge in [0.25, 0.3) is 12.4 Å². The van der Waals surface area contributed by atoms with Crippen LogP contribution in [0.5, 0.6) is 5.75 Å². The quantitative estimate of drug-likeness (QED) is 0.502. The van der Waals surface area contributed by atoms with Crippen LogP contribution in [0.1, 0.15) is 34.6 Å². The summed E-state index contributed by atoms with van der Waals surface area (Å²) in [6, 6.07) is 3.82. The van der Waals surface area contributed by atoms with E-state index < -0.39 is 35.5 Å². The topological polar surface area (TPSA) is 91.4 Å². The van der Waals surface area contributed by atoms with Crippen LogP contribution in [0.25, 0.3) is 0 Å². The van der Waals surface area contributed by atoms with Gasteiger partial charge in [-0.1, -0.05) is 0 Å². The first-order chi connectivity index (χ1) is 13.5. The molecule has 0 radical (unpaired) electrons. The molecule has 2 unspecified atom stereocenters. The molecule has 9 heteroatoms. The summed E-state index contributed by atoms with van der Waals surface area (Å²) in [5, 5.41) is 0. The summed E-state index contributed by atoms with van der Waals surface area (Å²) in [7, 11) is 0. The number of nitrogens with zero attached hydrogens (tertiary/aromatic N) is 1. The number of rotatable bonds is 7. The van der Waals surface area contributed by atoms with E-state index in [1.54, 1.807) is 34.6 Å². The number of esters is 1. The van der Waals surface area contributed by atoms with Crippen molar-refractivity contribution in [3.8, 4) is 5.75 Å². The van der Waals surface area contributed by atoms with Crippen LogP contribution in [0.15, 0.2) is 18.2 Å². The summed E-state index contributed by atoms with van der Waals surface area (Å²) in [4.78, 5) is 37.7. The molecule has 1 fully saturated rings. The zero-order valence-corrected chi connectivity index (χ0v) is 17.1. The molecule has 0 aliphatic carbocycles. The molecule has 1 aliphatic rings. The molecule has 1 aromatic carbocycles. The minimum atomic E-state index is -1.59. The first-order valence-corrected chi connectivity index (χ1v) is 9.24. The number of hydrogen-bond acceptors (Lipinski definition) is 7. The Morgan fingerprint density at radius 2 is 2.03 bits per heavy atom. The van der Waals surface area contributed by atoms with Crippen LogP contribution in [0.4, 0.5) is 10.1 Å². The number of carbonyl (C=O) groups excluding carboxylic acids is 3. The molecule has 1 amide bonds. The molecular formula is C20H26FNO7. The van der Waals surface area contributed by atoms with Gasteiger partial charge in [0.05, 0.1) is 18.4 Å². The van der Waals surface area contributed by atoms with E-state index in [0.29, 0.717) is 5.75 Å². The highest BCUT2D eigenvalue weighted by Crippen LogP contribution is 2.32. The van der Waals surface area contributed by atoms with E-state index in [2.05, 4.69) is 0 Å². The second-order valence-corrected chi connectivity index (χ2v) is 7.75. The van der Waals surface area contributed by atoms with Crippen molar-refractivity contribution < 1.29 is 37.7 Å². The molecular weight excluding hydrogens is 385 g/mol. The van der Waals surface area contributed by atoms with E-state index in [4.69, 9.17) is 18.9 Å². The van der Waals surface area contributed by atoms with Crippen molar-refractivity contribution in [2.75, 3.05) is 18.1 Å². The van der Waals surface area contributed by atoms with Crippen LogP contribution in [-0.4, -0.2) is 55.4 Å². The second kappa shape index (κ2) is 9.21. The Kier molecular flexibility index (Phi) is 7.18. The molecule has 2 atom stereocenters. The summed E-state index contributed by atoms with van der Waals surface area (Å²) in [5.74, 6) is -1.84. The SMILES string of the molecule is CC(C)Oc1ccc(F)cc1N1CCOC(C(OC=O)C(=O)OC(C)(C)C)C1=O. The predicted molar refractivity (Wildman–Crippen MR) is 101 cm³/mol. The third-order valence-corrected chi connectivity index (χ3v) is 3.81. The molecule has 29 heavy (non-hydrogen) atoms. The molecule has 0 bridgehead atoms. The molecule has 0 spiro atoms. The smallest absolute Gasteiger partial charge is 0.351 e. The van der Waals surface area contributed by atoms with E-state index >= 15 is 0 Å². The van der Waals surface area contributed by atoms with Crippen LogP contribution >= 0.6 is 0 Å². The summed E-state index contributed by atoms with van der Waals surface area (Å²) >= 11 is 0. The van der Waals surface area contributed by atoms with Gasteiger partial charge in [-0.2, -0.15) is 0 Å². The van der Waals surface area contributed by atoms with Crippen LogP contribution in [0.2, 0.25) is 0 Å². The Balaban J connectivity index is 2.35. The zero-order valence-electron chi connectivity index (χ0n) is 17.1. The number of hydrogen-bond donors (Lipinski definition) is 0. The van der Waals surface area contributed by atoms with Gasteiger partial charge in [0.1, 0.15) is 17.2 Å². The largest absolute Gasteiger partial charge is 0.489 e. The number of ether oxygens (including phenoxy) is 4. The average Bonchev–Trinajstić information content (AvgIpc) is 2.60. The maximum absolute atomic E-state index is 13.9. The molecule has 2 rings (SSSR count). The highest BCUT2D eigenvalue weighted by molar-refractivity contribution is 6.01. The van der Waals surface area contributed by atoms with Crippen LogP contribution < -0.4 is 9.64 Å². The summed E-state index contributed by atoms with van der Waals surface area (Å²) in [6.07, 6.45) is -3.23. The van der Waals surface area contributed by atoms with Gasteiger partial charge in [-0.05, 0) is 46.8 Å². The average molecular weight is 411 g/mol. The molecule has 0 saturated carbocycles. The van der Waals surface area contributed by atoms with Gasteiger partial charge < -0.3 is 23.8 Å². The molecule has 0 aromatic heterocycles. The van der Waals surface area contributed by atoms with Gasteiger partial charge in [0.2, 0.25) is 6.10 Å². The van der Waals surface area contributed by atoms with Crippen molar-refractivity contribution in [2.24, 2.45) is 0 Å². The number of carbonyl (C=O) groups is 3. The van der Waals surface area contributed by atoms with Crippen molar-refractivity contribution in [1.82, 2.24) is 0 Å². The maximum Gasteiger partial charge on any atom is 0.351 e. The van der Waals surface area contributed by atoms with Crippen molar-refractivity contribution in [3.63, 3.8) is 0 Å². The number of morpholine rings is 1. The maximum atomic E-state index is 13.9. The Morgan fingerprint density at radius 1 is 1.34 bits per heavy atom. The van der Waals surface area contributed by atoms with Gasteiger partial charge in [0.15, 0.2) is 6.10 Å². The molecule has 1 aliphatic heterocycles. The van der Waals surface area contributed by atoms with Crippen molar-refractivity contribution >= 4 is 24.0 Å². The Labute approximate surface area is 168 Å². The third kappa shape index (κ3) is 5.90.